The molecular weight excluding hydrogens is 253 g/mol. The van der Waals surface area contributed by atoms with E-state index in [9.17, 15) is 9.18 Å². The minimum Gasteiger partial charge on any atom is -0.507 e. The summed E-state index contributed by atoms with van der Waals surface area (Å²) >= 11 is 3.00. The molecule has 0 aliphatic carbocycles. The molecule has 1 aromatic carbocycles. The monoisotopic (exact) mass is 261 g/mol. The van der Waals surface area contributed by atoms with Gasteiger partial charge in [0.2, 0.25) is 0 Å². The number of ketones is 1. The quantitative estimate of drug-likeness (QED) is 0.817. The fourth-order valence-electron chi connectivity index (χ4n) is 1.02. The molecule has 1 aromatic rings. The second kappa shape index (κ2) is 4.52. The molecule has 0 aromatic heterocycles. The van der Waals surface area contributed by atoms with Crippen molar-refractivity contribution in [1.29, 1.82) is 0 Å². The Morgan fingerprint density at radius 3 is 2.79 bits per heavy atom. The molecule has 76 valence electrons. The summed E-state index contributed by atoms with van der Waals surface area (Å²) in [6.45, 7) is 0.177. The van der Waals surface area contributed by atoms with Gasteiger partial charge in [-0.2, -0.15) is 0 Å². The van der Waals surface area contributed by atoms with Crippen LogP contribution < -0.4 is 5.73 Å². The highest BCUT2D eigenvalue weighted by Gasteiger charge is 2.13. The average molecular weight is 262 g/mol. The highest BCUT2D eigenvalue weighted by atomic mass is 79.9. The first-order valence-corrected chi connectivity index (χ1v) is 4.77. The van der Waals surface area contributed by atoms with Gasteiger partial charge in [0.25, 0.3) is 0 Å². The molecule has 0 aliphatic rings. The number of halogens is 2. The molecule has 0 spiro atoms. The molecule has 3 nitrogen and oxygen atoms in total. The summed E-state index contributed by atoms with van der Waals surface area (Å²) in [7, 11) is 0. The lowest BCUT2D eigenvalue weighted by atomic mass is 10.1. The third-order valence-electron chi connectivity index (χ3n) is 1.71. The van der Waals surface area contributed by atoms with Crippen molar-refractivity contribution >= 4 is 21.7 Å². The lowest BCUT2D eigenvalue weighted by molar-refractivity contribution is 0.0981. The normalized spacial score (nSPS) is 10.2. The maximum atomic E-state index is 13.2. The van der Waals surface area contributed by atoms with Gasteiger partial charge in [-0.15, -0.1) is 0 Å². The molecule has 0 amide bonds. The second-order valence-electron chi connectivity index (χ2n) is 2.75. The highest BCUT2D eigenvalue weighted by Crippen LogP contribution is 2.27. The Balaban J connectivity index is 3.09. The maximum absolute atomic E-state index is 13.2. The molecule has 5 heteroatoms. The number of carbonyl (C=O) groups is 1. The molecule has 0 atom stereocenters. The Morgan fingerprint density at radius 2 is 2.21 bits per heavy atom. The van der Waals surface area contributed by atoms with Crippen LogP contribution in [-0.4, -0.2) is 17.4 Å². The van der Waals surface area contributed by atoms with Gasteiger partial charge in [-0.05, 0) is 28.5 Å². The number of Topliss-reactive ketones (excluding diaryl/α,β-unsaturated/α-hetero) is 1. The lowest BCUT2D eigenvalue weighted by Crippen LogP contribution is -2.09. The van der Waals surface area contributed by atoms with Crippen LogP contribution >= 0.6 is 15.9 Å². The summed E-state index contributed by atoms with van der Waals surface area (Å²) < 4.78 is 13.5. The lowest BCUT2D eigenvalue weighted by Gasteiger charge is -2.03. The number of hydrogen-bond acceptors (Lipinski definition) is 3. The first-order valence-electron chi connectivity index (χ1n) is 3.97. The highest BCUT2D eigenvalue weighted by molar-refractivity contribution is 9.10. The van der Waals surface area contributed by atoms with Crippen LogP contribution in [0.1, 0.15) is 16.8 Å². The summed E-state index contributed by atoms with van der Waals surface area (Å²) in [5.74, 6) is -1.33. The van der Waals surface area contributed by atoms with E-state index in [-0.39, 0.29) is 30.1 Å². The molecule has 0 bridgehead atoms. The van der Waals surface area contributed by atoms with Crippen LogP contribution in [0.4, 0.5) is 4.39 Å². The van der Waals surface area contributed by atoms with Crippen molar-refractivity contribution in [3.05, 3.63) is 28.0 Å². The van der Waals surface area contributed by atoms with Crippen LogP contribution in [0.15, 0.2) is 16.6 Å². The number of nitrogens with two attached hydrogens (primary N) is 1. The van der Waals surface area contributed by atoms with Crippen molar-refractivity contribution in [3.63, 3.8) is 0 Å². The van der Waals surface area contributed by atoms with E-state index in [4.69, 9.17) is 10.8 Å². The molecule has 0 unspecified atom stereocenters. The van der Waals surface area contributed by atoms with E-state index in [1.54, 1.807) is 0 Å². The largest absolute Gasteiger partial charge is 0.507 e. The zero-order chi connectivity index (χ0) is 10.7. The smallest absolute Gasteiger partial charge is 0.167 e. The average Bonchev–Trinajstić information content (AvgIpc) is 2.11. The van der Waals surface area contributed by atoms with Crippen molar-refractivity contribution in [2.24, 2.45) is 5.73 Å². The molecule has 0 saturated heterocycles. The molecular formula is C9H9BrFNO2. The first-order chi connectivity index (χ1) is 6.56. The summed E-state index contributed by atoms with van der Waals surface area (Å²) in [5, 5.41) is 9.11. The summed E-state index contributed by atoms with van der Waals surface area (Å²) in [6, 6.07) is 2.15. The number of phenolic OH excluding ortho intramolecular Hbond substituents is 1. The number of benzene rings is 1. The molecule has 0 fully saturated rings. The Morgan fingerprint density at radius 1 is 1.57 bits per heavy atom. The van der Waals surface area contributed by atoms with Crippen LogP contribution in [0.2, 0.25) is 0 Å². The van der Waals surface area contributed by atoms with Crippen molar-refractivity contribution < 1.29 is 14.3 Å². The van der Waals surface area contributed by atoms with Crippen molar-refractivity contribution in [2.75, 3.05) is 6.54 Å². The van der Waals surface area contributed by atoms with Gasteiger partial charge in [0.15, 0.2) is 5.78 Å². The van der Waals surface area contributed by atoms with Crippen LogP contribution in [-0.2, 0) is 0 Å². The predicted molar refractivity (Wildman–Crippen MR) is 53.8 cm³/mol. The van der Waals surface area contributed by atoms with Crippen molar-refractivity contribution in [2.45, 2.75) is 6.42 Å². The molecule has 0 aliphatic heterocycles. The Labute approximate surface area is 88.9 Å². The molecule has 0 heterocycles. The number of rotatable bonds is 3. The zero-order valence-electron chi connectivity index (χ0n) is 7.26. The first kappa shape index (κ1) is 11.1. The minimum absolute atomic E-state index is 0.0554. The van der Waals surface area contributed by atoms with Gasteiger partial charge < -0.3 is 10.8 Å². The Hall–Kier alpha value is -0.940. The van der Waals surface area contributed by atoms with Gasteiger partial charge in [-0.25, -0.2) is 4.39 Å². The van der Waals surface area contributed by atoms with Crippen LogP contribution in [0, 0.1) is 5.82 Å². The Bertz CT molecular complexity index is 368. The van der Waals surface area contributed by atoms with Gasteiger partial charge in [-0.1, -0.05) is 0 Å². The van der Waals surface area contributed by atoms with Crippen molar-refractivity contribution in [1.82, 2.24) is 0 Å². The predicted octanol–water partition coefficient (Wildman–Crippen LogP) is 1.83. The molecule has 14 heavy (non-hydrogen) atoms. The van der Waals surface area contributed by atoms with E-state index >= 15 is 0 Å². The van der Waals surface area contributed by atoms with E-state index in [2.05, 4.69) is 15.9 Å². The standard InChI is InChI=1S/C9H9BrFNO2/c10-6-3-5(8(13)1-2-12)7(11)4-9(6)14/h3-4,14H,1-2,12H2. The van der Waals surface area contributed by atoms with Crippen LogP contribution in [0.25, 0.3) is 0 Å². The fraction of sp³-hybridized carbons (Fsp3) is 0.222. The maximum Gasteiger partial charge on any atom is 0.167 e. The van der Waals surface area contributed by atoms with E-state index in [0.29, 0.717) is 4.47 Å². The van der Waals surface area contributed by atoms with Gasteiger partial charge in [0, 0.05) is 12.5 Å². The molecule has 0 saturated carbocycles. The fourth-order valence-corrected chi connectivity index (χ4v) is 1.36. The van der Waals surface area contributed by atoms with Gasteiger partial charge in [0.05, 0.1) is 10.0 Å². The SMILES string of the molecule is NCCC(=O)c1cc(Br)c(O)cc1F. The van der Waals surface area contributed by atoms with Crippen LogP contribution in [0.5, 0.6) is 5.75 Å². The number of aromatic hydroxyl groups is 1. The van der Waals surface area contributed by atoms with Gasteiger partial charge in [-0.3, -0.25) is 4.79 Å². The van der Waals surface area contributed by atoms with Gasteiger partial charge >= 0.3 is 0 Å². The summed E-state index contributed by atoms with van der Waals surface area (Å²) in [5.41, 5.74) is 5.12. The summed E-state index contributed by atoms with van der Waals surface area (Å²) in [6.07, 6.45) is 0.0914. The van der Waals surface area contributed by atoms with Crippen molar-refractivity contribution in [3.8, 4) is 5.75 Å². The number of hydrogen-bond donors (Lipinski definition) is 2. The zero-order valence-corrected chi connectivity index (χ0v) is 8.84. The van der Waals surface area contributed by atoms with E-state index < -0.39 is 5.82 Å². The molecule has 0 radical (unpaired) electrons. The number of carbonyl (C=O) groups excluding carboxylic acids is 1. The van der Waals surface area contributed by atoms with E-state index in [1.807, 2.05) is 0 Å². The Kier molecular flexibility index (Phi) is 3.60. The topological polar surface area (TPSA) is 63.3 Å². The second-order valence-corrected chi connectivity index (χ2v) is 3.60. The minimum atomic E-state index is -0.732. The summed E-state index contributed by atoms with van der Waals surface area (Å²) in [4.78, 5) is 11.3. The van der Waals surface area contributed by atoms with E-state index in [1.165, 1.54) is 6.07 Å². The third kappa shape index (κ3) is 2.30. The molecule has 1 rings (SSSR count). The molecule has 3 N–H and O–H groups in total. The third-order valence-corrected chi connectivity index (χ3v) is 2.34. The van der Waals surface area contributed by atoms with Gasteiger partial charge in [0.1, 0.15) is 11.6 Å². The van der Waals surface area contributed by atoms with E-state index in [0.717, 1.165) is 6.07 Å². The van der Waals surface area contributed by atoms with Crippen LogP contribution in [0.3, 0.4) is 0 Å². The number of phenols is 1.